The third-order valence-electron chi connectivity index (χ3n) is 2.02. The molecule has 0 fully saturated rings. The summed E-state index contributed by atoms with van der Waals surface area (Å²) < 4.78 is 7.14. The fraction of sp³-hybridized carbons (Fsp3) is 0.778. The number of hydrogen-bond acceptors (Lipinski definition) is 4. The van der Waals surface area contributed by atoms with Crippen LogP contribution >= 0.6 is 0 Å². The Labute approximate surface area is 83.7 Å². The summed E-state index contributed by atoms with van der Waals surface area (Å²) >= 11 is 0. The van der Waals surface area contributed by atoms with Crippen LogP contribution in [0.3, 0.4) is 0 Å². The summed E-state index contributed by atoms with van der Waals surface area (Å²) in [4.78, 5) is 0. The average Bonchev–Trinajstić information content (AvgIpc) is 2.55. The molecule has 0 aromatic carbocycles. The molecule has 14 heavy (non-hydrogen) atoms. The van der Waals surface area contributed by atoms with Crippen LogP contribution in [0.25, 0.3) is 0 Å². The number of aliphatic hydroxyl groups is 1. The van der Waals surface area contributed by atoms with Gasteiger partial charge in [0, 0.05) is 20.1 Å². The van der Waals surface area contributed by atoms with Gasteiger partial charge in [-0.1, -0.05) is 6.92 Å². The van der Waals surface area contributed by atoms with Gasteiger partial charge in [0.1, 0.15) is 12.4 Å². The molecule has 0 saturated heterocycles. The van der Waals surface area contributed by atoms with Crippen LogP contribution in [0.1, 0.15) is 25.0 Å². The van der Waals surface area contributed by atoms with Gasteiger partial charge in [-0.3, -0.25) is 0 Å². The lowest BCUT2D eigenvalue weighted by molar-refractivity contribution is 0.136. The molecule has 1 N–H and O–H groups in total. The van der Waals surface area contributed by atoms with Crippen LogP contribution in [-0.4, -0.2) is 33.1 Å². The molecule has 0 bridgehead atoms. The first-order valence-electron chi connectivity index (χ1n) is 4.85. The molecule has 0 spiro atoms. The second-order valence-corrected chi connectivity index (χ2v) is 3.11. The lowest BCUT2D eigenvalue weighted by atomic mass is 10.4. The zero-order valence-corrected chi connectivity index (χ0v) is 8.73. The van der Waals surface area contributed by atoms with Crippen LogP contribution in [-0.2, 0) is 24.8 Å². The molecule has 1 heterocycles. The Morgan fingerprint density at radius 1 is 1.29 bits per heavy atom. The molecule has 0 aliphatic rings. The van der Waals surface area contributed by atoms with Crippen molar-refractivity contribution >= 4 is 0 Å². The Morgan fingerprint density at radius 3 is 2.57 bits per heavy atom. The summed E-state index contributed by atoms with van der Waals surface area (Å²) in [6.07, 6.45) is 1.77. The molecular formula is C9H17N3O2. The van der Waals surface area contributed by atoms with Gasteiger partial charge in [0.25, 0.3) is 0 Å². The monoisotopic (exact) mass is 199 g/mol. The van der Waals surface area contributed by atoms with Gasteiger partial charge in [0.2, 0.25) is 0 Å². The number of aromatic nitrogens is 3. The third-order valence-corrected chi connectivity index (χ3v) is 2.02. The molecule has 0 atom stereocenters. The minimum Gasteiger partial charge on any atom is -0.388 e. The van der Waals surface area contributed by atoms with Gasteiger partial charge < -0.3 is 14.4 Å². The van der Waals surface area contributed by atoms with Crippen molar-refractivity contribution < 1.29 is 9.84 Å². The Bertz CT molecular complexity index is 273. The summed E-state index contributed by atoms with van der Waals surface area (Å²) in [6, 6.07) is 0. The number of aliphatic hydroxyl groups excluding tert-OH is 1. The smallest absolute Gasteiger partial charge is 0.158 e. The quantitative estimate of drug-likeness (QED) is 0.668. The van der Waals surface area contributed by atoms with E-state index in [-0.39, 0.29) is 6.61 Å². The first-order valence-corrected chi connectivity index (χ1v) is 4.85. The third kappa shape index (κ3) is 2.78. The summed E-state index contributed by atoms with van der Waals surface area (Å²) in [7, 11) is 1.85. The number of ether oxygens (including phenoxy) is 1. The second-order valence-electron chi connectivity index (χ2n) is 3.11. The van der Waals surface area contributed by atoms with Crippen LogP contribution < -0.4 is 0 Å². The van der Waals surface area contributed by atoms with Gasteiger partial charge in [-0.2, -0.15) is 0 Å². The van der Waals surface area contributed by atoms with Crippen molar-refractivity contribution in [1.82, 2.24) is 14.8 Å². The van der Waals surface area contributed by atoms with E-state index in [1.54, 1.807) is 4.57 Å². The maximum absolute atomic E-state index is 8.89. The van der Waals surface area contributed by atoms with E-state index in [1.165, 1.54) is 0 Å². The summed E-state index contributed by atoms with van der Waals surface area (Å²) in [5, 5.41) is 16.7. The first-order chi connectivity index (χ1) is 6.79. The molecule has 0 saturated carbocycles. The molecule has 5 nitrogen and oxygen atoms in total. The van der Waals surface area contributed by atoms with E-state index in [1.807, 2.05) is 7.05 Å². The maximum atomic E-state index is 8.89. The zero-order chi connectivity index (χ0) is 10.4. The van der Waals surface area contributed by atoms with Crippen molar-refractivity contribution in [2.45, 2.75) is 26.4 Å². The van der Waals surface area contributed by atoms with Crippen LogP contribution in [0.5, 0.6) is 0 Å². The van der Waals surface area contributed by atoms with Crippen molar-refractivity contribution in [2.24, 2.45) is 7.05 Å². The maximum Gasteiger partial charge on any atom is 0.158 e. The van der Waals surface area contributed by atoms with Gasteiger partial charge in [0.15, 0.2) is 5.82 Å². The number of rotatable bonds is 6. The lowest BCUT2D eigenvalue weighted by Crippen LogP contribution is -2.06. The normalized spacial score (nSPS) is 10.8. The van der Waals surface area contributed by atoms with E-state index in [2.05, 4.69) is 17.1 Å². The van der Waals surface area contributed by atoms with E-state index in [0.29, 0.717) is 12.4 Å². The van der Waals surface area contributed by atoms with Gasteiger partial charge in [0.05, 0.1) is 6.61 Å². The second kappa shape index (κ2) is 5.72. The Balaban J connectivity index is 2.39. The summed E-state index contributed by atoms with van der Waals surface area (Å²) in [5.74, 6) is 1.45. The van der Waals surface area contributed by atoms with Crippen molar-refractivity contribution in [1.29, 1.82) is 0 Å². The van der Waals surface area contributed by atoms with Crippen LogP contribution in [0.15, 0.2) is 0 Å². The Kier molecular flexibility index (Phi) is 4.55. The predicted octanol–water partition coefficient (Wildman–Crippen LogP) is 0.277. The van der Waals surface area contributed by atoms with E-state index >= 15 is 0 Å². The lowest BCUT2D eigenvalue weighted by Gasteiger charge is -2.02. The number of hydrogen-bond donors (Lipinski definition) is 1. The fourth-order valence-electron chi connectivity index (χ4n) is 1.16. The van der Waals surface area contributed by atoms with E-state index in [4.69, 9.17) is 9.84 Å². The number of nitrogens with zero attached hydrogens (tertiary/aromatic N) is 3. The fourth-order valence-corrected chi connectivity index (χ4v) is 1.16. The largest absolute Gasteiger partial charge is 0.388 e. The van der Waals surface area contributed by atoms with E-state index in [9.17, 15) is 0 Å². The van der Waals surface area contributed by atoms with Crippen molar-refractivity contribution in [2.75, 3.05) is 13.2 Å². The Morgan fingerprint density at radius 2 is 2.00 bits per heavy atom. The highest BCUT2D eigenvalue weighted by atomic mass is 16.5. The predicted molar refractivity (Wildman–Crippen MR) is 51.7 cm³/mol. The molecule has 80 valence electrons. The highest BCUT2D eigenvalue weighted by Crippen LogP contribution is 2.00. The molecule has 1 aromatic rings. The van der Waals surface area contributed by atoms with Crippen LogP contribution in [0, 0.1) is 0 Å². The summed E-state index contributed by atoms with van der Waals surface area (Å²) in [6.45, 7) is 3.45. The average molecular weight is 199 g/mol. The highest BCUT2D eigenvalue weighted by molar-refractivity contribution is 4.93. The van der Waals surface area contributed by atoms with Crippen LogP contribution in [0.2, 0.25) is 0 Å². The molecule has 0 radical (unpaired) electrons. The minimum atomic E-state index is -0.0701. The topological polar surface area (TPSA) is 60.2 Å². The van der Waals surface area contributed by atoms with Gasteiger partial charge in [-0.15, -0.1) is 10.2 Å². The van der Waals surface area contributed by atoms with Crippen molar-refractivity contribution in [3.63, 3.8) is 0 Å². The zero-order valence-electron chi connectivity index (χ0n) is 8.73. The molecule has 5 heteroatoms. The standard InChI is InChI=1S/C9H17N3O2/c1-3-5-14-6-4-8-10-11-9(7-13)12(8)2/h13H,3-7H2,1-2H3. The van der Waals surface area contributed by atoms with E-state index in [0.717, 1.165) is 25.3 Å². The molecule has 0 unspecified atom stereocenters. The van der Waals surface area contributed by atoms with Gasteiger partial charge >= 0.3 is 0 Å². The molecule has 1 aromatic heterocycles. The van der Waals surface area contributed by atoms with Crippen molar-refractivity contribution in [3.8, 4) is 0 Å². The SMILES string of the molecule is CCCOCCc1nnc(CO)n1C. The minimum absolute atomic E-state index is 0.0701. The highest BCUT2D eigenvalue weighted by Gasteiger charge is 2.06. The van der Waals surface area contributed by atoms with Gasteiger partial charge in [-0.25, -0.2) is 0 Å². The molecule has 1 rings (SSSR count). The summed E-state index contributed by atoms with van der Waals surface area (Å²) in [5.41, 5.74) is 0. The molecule has 0 amide bonds. The molecular weight excluding hydrogens is 182 g/mol. The van der Waals surface area contributed by atoms with Gasteiger partial charge in [-0.05, 0) is 6.42 Å². The van der Waals surface area contributed by atoms with E-state index < -0.39 is 0 Å². The molecule has 0 aliphatic heterocycles. The molecule has 0 aliphatic carbocycles. The van der Waals surface area contributed by atoms with Crippen molar-refractivity contribution in [3.05, 3.63) is 11.6 Å². The van der Waals surface area contributed by atoms with Crippen LogP contribution in [0.4, 0.5) is 0 Å². The first kappa shape index (κ1) is 11.1. The Hall–Kier alpha value is -0.940.